The molecule has 5 rings (SSSR count). The Morgan fingerprint density at radius 2 is 1.66 bits per heavy atom. The van der Waals surface area contributed by atoms with E-state index in [1.54, 1.807) is 16.2 Å². The van der Waals surface area contributed by atoms with Gasteiger partial charge in [-0.05, 0) is 73.7 Å². The number of nitrogens with zero attached hydrogens (tertiary/aromatic N) is 2. The van der Waals surface area contributed by atoms with Crippen molar-refractivity contribution in [1.29, 1.82) is 0 Å². The van der Waals surface area contributed by atoms with Crippen LogP contribution < -0.4 is 0 Å². The SMILES string of the molecule is COC(=O)c1ccc(-c2ccc(-c3nc4ccccc4s3)cc2)cc1C1=CCN(C(=O)OC(C)(C)C)CC1. The highest BCUT2D eigenvalue weighted by molar-refractivity contribution is 7.21. The third-order valence-corrected chi connectivity index (χ3v) is 7.48. The number of benzene rings is 3. The van der Waals surface area contributed by atoms with E-state index in [0.29, 0.717) is 25.1 Å². The van der Waals surface area contributed by atoms with Crippen molar-refractivity contribution in [3.8, 4) is 21.7 Å². The standard InChI is InChI=1S/C31H30N2O4S/c1-31(2,3)37-30(35)33-17-15-21(16-18-33)25-19-23(13-14-24(25)29(34)36-4)20-9-11-22(12-10-20)28-32-26-7-5-6-8-27(26)38-28/h5-15,19H,16-18H2,1-4H3. The van der Waals surface area contributed by atoms with Gasteiger partial charge in [0.2, 0.25) is 0 Å². The molecule has 0 unspecified atom stereocenters. The molecule has 2 heterocycles. The van der Waals surface area contributed by atoms with Crippen LogP contribution in [0.2, 0.25) is 0 Å². The van der Waals surface area contributed by atoms with Crippen LogP contribution in [-0.4, -0.2) is 47.7 Å². The quantitative estimate of drug-likeness (QED) is 0.259. The van der Waals surface area contributed by atoms with Crippen LogP contribution in [0.5, 0.6) is 0 Å². The number of aromatic nitrogens is 1. The predicted octanol–water partition coefficient (Wildman–Crippen LogP) is 7.44. The van der Waals surface area contributed by atoms with Gasteiger partial charge in [0, 0.05) is 18.7 Å². The van der Waals surface area contributed by atoms with Crippen LogP contribution in [0, 0.1) is 0 Å². The van der Waals surface area contributed by atoms with E-state index in [4.69, 9.17) is 14.5 Å². The van der Waals surface area contributed by atoms with Crippen molar-refractivity contribution in [1.82, 2.24) is 9.88 Å². The molecule has 1 amide bonds. The lowest BCUT2D eigenvalue weighted by atomic mass is 9.91. The van der Waals surface area contributed by atoms with E-state index < -0.39 is 5.60 Å². The monoisotopic (exact) mass is 526 g/mol. The van der Waals surface area contributed by atoms with Gasteiger partial charge in [-0.1, -0.05) is 48.5 Å². The summed E-state index contributed by atoms with van der Waals surface area (Å²) in [4.78, 5) is 31.5. The zero-order chi connectivity index (χ0) is 26.9. The first-order valence-electron chi connectivity index (χ1n) is 12.6. The molecular weight excluding hydrogens is 496 g/mol. The van der Waals surface area contributed by atoms with Crippen molar-refractivity contribution < 1.29 is 19.1 Å². The Morgan fingerprint density at radius 3 is 2.32 bits per heavy atom. The number of thiazole rings is 1. The summed E-state index contributed by atoms with van der Waals surface area (Å²) in [6.45, 7) is 6.51. The minimum atomic E-state index is -0.546. The van der Waals surface area contributed by atoms with Crippen molar-refractivity contribution >= 4 is 39.2 Å². The van der Waals surface area contributed by atoms with Crippen LogP contribution in [0.15, 0.2) is 72.8 Å². The molecule has 4 aromatic rings. The summed E-state index contributed by atoms with van der Waals surface area (Å²) < 4.78 is 11.7. The van der Waals surface area contributed by atoms with E-state index >= 15 is 0 Å². The van der Waals surface area contributed by atoms with Crippen molar-refractivity contribution in [2.24, 2.45) is 0 Å². The molecule has 0 aliphatic carbocycles. The number of carbonyl (C=O) groups excluding carboxylic acids is 2. The van der Waals surface area contributed by atoms with Gasteiger partial charge >= 0.3 is 12.1 Å². The van der Waals surface area contributed by atoms with Crippen molar-refractivity contribution in [3.05, 3.63) is 83.9 Å². The second-order valence-corrected chi connectivity index (χ2v) is 11.3. The fraction of sp³-hybridized carbons (Fsp3) is 0.258. The second-order valence-electron chi connectivity index (χ2n) is 10.2. The average molecular weight is 527 g/mol. The summed E-state index contributed by atoms with van der Waals surface area (Å²) >= 11 is 1.68. The highest BCUT2D eigenvalue weighted by atomic mass is 32.1. The Bertz CT molecular complexity index is 1500. The zero-order valence-corrected chi connectivity index (χ0v) is 22.8. The van der Waals surface area contributed by atoms with E-state index in [1.165, 1.54) is 11.8 Å². The summed E-state index contributed by atoms with van der Waals surface area (Å²) in [5, 5.41) is 0.987. The Balaban J connectivity index is 1.42. The molecule has 1 aromatic heterocycles. The summed E-state index contributed by atoms with van der Waals surface area (Å²) in [6.07, 6.45) is 2.28. The van der Waals surface area contributed by atoms with Gasteiger partial charge < -0.3 is 14.4 Å². The van der Waals surface area contributed by atoms with Gasteiger partial charge in [-0.15, -0.1) is 11.3 Å². The minimum absolute atomic E-state index is 0.331. The lowest BCUT2D eigenvalue weighted by molar-refractivity contribution is 0.0270. The van der Waals surface area contributed by atoms with Crippen molar-refractivity contribution in [2.45, 2.75) is 32.8 Å². The summed E-state index contributed by atoms with van der Waals surface area (Å²) in [5.74, 6) is -0.381. The van der Waals surface area contributed by atoms with Crippen LogP contribution in [0.1, 0.15) is 43.1 Å². The number of amides is 1. The van der Waals surface area contributed by atoms with Gasteiger partial charge in [-0.2, -0.15) is 0 Å². The van der Waals surface area contributed by atoms with Crippen molar-refractivity contribution in [3.63, 3.8) is 0 Å². The summed E-state index contributed by atoms with van der Waals surface area (Å²) in [7, 11) is 1.39. The Hall–Kier alpha value is -3.97. The maximum absolute atomic E-state index is 12.6. The fourth-order valence-corrected chi connectivity index (χ4v) is 5.46. The van der Waals surface area contributed by atoms with Crippen molar-refractivity contribution in [2.75, 3.05) is 20.2 Å². The maximum Gasteiger partial charge on any atom is 0.410 e. The first-order chi connectivity index (χ1) is 18.2. The minimum Gasteiger partial charge on any atom is -0.465 e. The Labute approximate surface area is 226 Å². The highest BCUT2D eigenvalue weighted by Gasteiger charge is 2.25. The molecule has 0 fully saturated rings. The number of carbonyl (C=O) groups is 2. The van der Waals surface area contributed by atoms with E-state index in [2.05, 4.69) is 30.3 Å². The third-order valence-electron chi connectivity index (χ3n) is 6.39. The first-order valence-corrected chi connectivity index (χ1v) is 13.4. The number of methoxy groups -OCH3 is 1. The molecule has 7 heteroatoms. The molecule has 1 aliphatic rings. The van der Waals surface area contributed by atoms with E-state index in [1.807, 2.05) is 63.2 Å². The average Bonchev–Trinajstić information content (AvgIpc) is 3.36. The maximum atomic E-state index is 12.6. The van der Waals surface area contributed by atoms with E-state index in [9.17, 15) is 9.59 Å². The van der Waals surface area contributed by atoms with Gasteiger partial charge in [-0.3, -0.25) is 0 Å². The number of para-hydroxylation sites is 1. The summed E-state index contributed by atoms with van der Waals surface area (Å²) in [5.41, 5.74) is 5.92. The summed E-state index contributed by atoms with van der Waals surface area (Å²) in [6, 6.07) is 22.3. The molecule has 0 N–H and O–H groups in total. The smallest absolute Gasteiger partial charge is 0.410 e. The van der Waals surface area contributed by atoms with E-state index in [-0.39, 0.29) is 12.1 Å². The molecule has 6 nitrogen and oxygen atoms in total. The van der Waals surface area contributed by atoms with Crippen LogP contribution in [0.4, 0.5) is 4.79 Å². The number of hydrogen-bond acceptors (Lipinski definition) is 6. The number of ether oxygens (including phenoxy) is 2. The molecule has 1 aliphatic heterocycles. The van der Waals surface area contributed by atoms with E-state index in [0.717, 1.165) is 38.4 Å². The molecule has 0 spiro atoms. The molecule has 3 aromatic carbocycles. The van der Waals surface area contributed by atoms with Gasteiger partial charge in [0.15, 0.2) is 0 Å². The van der Waals surface area contributed by atoms with Gasteiger partial charge in [0.05, 0.1) is 22.9 Å². The largest absolute Gasteiger partial charge is 0.465 e. The zero-order valence-electron chi connectivity index (χ0n) is 22.0. The van der Waals surface area contributed by atoms with Gasteiger partial charge in [-0.25, -0.2) is 14.6 Å². The Morgan fingerprint density at radius 1 is 0.947 bits per heavy atom. The first kappa shape index (κ1) is 25.7. The third kappa shape index (κ3) is 5.48. The molecular formula is C31H30N2O4S. The number of esters is 1. The Kier molecular flexibility index (Phi) is 7.04. The molecule has 38 heavy (non-hydrogen) atoms. The number of hydrogen-bond donors (Lipinski definition) is 0. The van der Waals surface area contributed by atoms with Gasteiger partial charge in [0.25, 0.3) is 0 Å². The van der Waals surface area contributed by atoms with Crippen LogP contribution in [0.25, 0.3) is 37.5 Å². The molecule has 0 radical (unpaired) electrons. The van der Waals surface area contributed by atoms with Crippen LogP contribution in [0.3, 0.4) is 0 Å². The predicted molar refractivity (Wildman–Crippen MR) is 152 cm³/mol. The molecule has 0 bridgehead atoms. The van der Waals surface area contributed by atoms with Crippen LogP contribution in [-0.2, 0) is 9.47 Å². The molecule has 0 saturated heterocycles. The molecule has 0 atom stereocenters. The normalized spacial score (nSPS) is 13.8. The number of rotatable bonds is 4. The number of fused-ring (bicyclic) bond motifs is 1. The molecule has 194 valence electrons. The molecule has 0 saturated carbocycles. The lowest BCUT2D eigenvalue weighted by Crippen LogP contribution is -2.39. The topological polar surface area (TPSA) is 68.7 Å². The van der Waals surface area contributed by atoms with Gasteiger partial charge in [0.1, 0.15) is 10.6 Å². The second kappa shape index (κ2) is 10.4. The lowest BCUT2D eigenvalue weighted by Gasteiger charge is -2.30. The fourth-order valence-electron chi connectivity index (χ4n) is 4.48. The van der Waals surface area contributed by atoms with Crippen LogP contribution >= 0.6 is 11.3 Å². The highest BCUT2D eigenvalue weighted by Crippen LogP contribution is 2.34.